The van der Waals surface area contributed by atoms with Crippen LogP contribution >= 0.6 is 0 Å². The molecule has 0 aliphatic rings. The topological polar surface area (TPSA) is 180 Å². The van der Waals surface area contributed by atoms with Crippen molar-refractivity contribution in [3.8, 4) is 28.6 Å². The summed E-state index contributed by atoms with van der Waals surface area (Å²) in [5, 5.41) is 18.6. The first kappa shape index (κ1) is 23.8. The number of rotatable bonds is 9. The highest BCUT2D eigenvalue weighted by molar-refractivity contribution is 7.81. The summed E-state index contributed by atoms with van der Waals surface area (Å²) in [6, 6.07) is 9.27. The summed E-state index contributed by atoms with van der Waals surface area (Å²) >= 11 is 0. The maximum atomic E-state index is 13.0. The SMILES string of the molecule is O=C(O)CCCCC(=O)Oc1c(-c2ccc(O)c(OS(=O)(=O)[O-])c2)oc2ccccc2c1=O. The van der Waals surface area contributed by atoms with Crippen molar-refractivity contribution in [2.45, 2.75) is 25.7 Å². The van der Waals surface area contributed by atoms with E-state index in [-0.39, 0.29) is 48.0 Å². The summed E-state index contributed by atoms with van der Waals surface area (Å²) in [4.78, 5) is 35.9. The van der Waals surface area contributed by atoms with E-state index < -0.39 is 45.0 Å². The predicted octanol–water partition coefficient (Wildman–Crippen LogP) is 2.56. The molecule has 0 saturated carbocycles. The quantitative estimate of drug-likeness (QED) is 0.200. The average molecular weight is 477 g/mol. The molecule has 3 aromatic rings. The zero-order valence-corrected chi connectivity index (χ0v) is 17.7. The van der Waals surface area contributed by atoms with Gasteiger partial charge in [-0.15, -0.1) is 0 Å². The van der Waals surface area contributed by atoms with Crippen LogP contribution in [0.15, 0.2) is 51.7 Å². The molecule has 2 aromatic carbocycles. The smallest absolute Gasteiger partial charge is 0.311 e. The summed E-state index contributed by atoms with van der Waals surface area (Å²) in [6.45, 7) is 0. The van der Waals surface area contributed by atoms with Gasteiger partial charge < -0.3 is 28.1 Å². The van der Waals surface area contributed by atoms with E-state index in [0.717, 1.165) is 12.1 Å². The van der Waals surface area contributed by atoms with E-state index in [1.807, 2.05) is 0 Å². The lowest BCUT2D eigenvalue weighted by Crippen LogP contribution is -2.16. The lowest BCUT2D eigenvalue weighted by Gasteiger charge is -2.13. The molecule has 1 heterocycles. The lowest BCUT2D eigenvalue weighted by atomic mass is 10.1. The van der Waals surface area contributed by atoms with Crippen molar-refractivity contribution in [2.24, 2.45) is 0 Å². The maximum absolute atomic E-state index is 13.0. The molecule has 0 radical (unpaired) electrons. The summed E-state index contributed by atoms with van der Waals surface area (Å²) in [7, 11) is -5.22. The zero-order valence-electron chi connectivity index (χ0n) is 16.8. The Kier molecular flexibility index (Phi) is 6.99. The number of carbonyl (C=O) groups excluding carboxylic acids is 1. The van der Waals surface area contributed by atoms with Crippen LogP contribution in [0.25, 0.3) is 22.3 Å². The molecule has 0 aliphatic heterocycles. The minimum absolute atomic E-state index is 0.0250. The molecule has 0 amide bonds. The molecule has 3 rings (SSSR count). The van der Waals surface area contributed by atoms with Gasteiger partial charge in [0.2, 0.25) is 11.2 Å². The molecule has 0 spiro atoms. The van der Waals surface area contributed by atoms with E-state index in [4.69, 9.17) is 14.3 Å². The summed E-state index contributed by atoms with van der Waals surface area (Å²) in [6.07, 6.45) is 0.136. The molecular formula is C21H17O11S-. The molecule has 0 atom stereocenters. The Morgan fingerprint density at radius 3 is 2.45 bits per heavy atom. The summed E-state index contributed by atoms with van der Waals surface area (Å²) < 4.78 is 48.0. The Balaban J connectivity index is 2.04. The third kappa shape index (κ3) is 6.08. The van der Waals surface area contributed by atoms with Crippen molar-refractivity contribution < 1.29 is 46.1 Å². The second kappa shape index (κ2) is 9.71. The molecular weight excluding hydrogens is 460 g/mol. The molecule has 174 valence electrons. The Bertz CT molecular complexity index is 1370. The number of ether oxygens (including phenoxy) is 1. The van der Waals surface area contributed by atoms with E-state index in [1.165, 1.54) is 18.2 Å². The molecule has 0 unspecified atom stereocenters. The number of benzene rings is 2. The van der Waals surface area contributed by atoms with Crippen LogP contribution in [0.3, 0.4) is 0 Å². The number of hydrogen-bond donors (Lipinski definition) is 2. The fourth-order valence-corrected chi connectivity index (χ4v) is 3.30. The number of phenols is 1. The van der Waals surface area contributed by atoms with Crippen LogP contribution < -0.4 is 14.3 Å². The van der Waals surface area contributed by atoms with Crippen LogP contribution in [0.4, 0.5) is 0 Å². The number of carboxylic acid groups (broad SMARTS) is 1. The highest BCUT2D eigenvalue weighted by Crippen LogP contribution is 2.37. The van der Waals surface area contributed by atoms with E-state index >= 15 is 0 Å². The number of para-hydroxylation sites is 1. The molecule has 0 aliphatic carbocycles. The first-order valence-electron chi connectivity index (χ1n) is 9.52. The molecule has 33 heavy (non-hydrogen) atoms. The van der Waals surface area contributed by atoms with Gasteiger partial charge in [-0.2, -0.15) is 0 Å². The van der Waals surface area contributed by atoms with Crippen molar-refractivity contribution in [3.63, 3.8) is 0 Å². The Morgan fingerprint density at radius 1 is 1.06 bits per heavy atom. The number of esters is 1. The van der Waals surface area contributed by atoms with Gasteiger partial charge in [0.05, 0.1) is 5.39 Å². The third-order valence-corrected chi connectivity index (χ3v) is 4.79. The minimum atomic E-state index is -5.22. The first-order chi connectivity index (χ1) is 15.5. The van der Waals surface area contributed by atoms with Crippen molar-refractivity contribution in [1.29, 1.82) is 0 Å². The van der Waals surface area contributed by atoms with Gasteiger partial charge in [-0.1, -0.05) is 12.1 Å². The summed E-state index contributed by atoms with van der Waals surface area (Å²) in [5.41, 5.74) is -0.591. The Hall–Kier alpha value is -3.90. The van der Waals surface area contributed by atoms with Crippen LogP contribution in [-0.2, 0) is 20.0 Å². The number of hydrogen-bond acceptors (Lipinski definition) is 10. The molecule has 0 bridgehead atoms. The number of fused-ring (bicyclic) bond motifs is 1. The Morgan fingerprint density at radius 2 is 1.76 bits per heavy atom. The highest BCUT2D eigenvalue weighted by atomic mass is 32.3. The van der Waals surface area contributed by atoms with Crippen molar-refractivity contribution in [1.82, 2.24) is 0 Å². The number of carbonyl (C=O) groups is 2. The minimum Gasteiger partial charge on any atom is -0.716 e. The van der Waals surface area contributed by atoms with Gasteiger partial charge in [0, 0.05) is 18.4 Å². The van der Waals surface area contributed by atoms with Gasteiger partial charge in [0.25, 0.3) is 10.4 Å². The van der Waals surface area contributed by atoms with Crippen LogP contribution in [0, 0.1) is 0 Å². The van der Waals surface area contributed by atoms with Crippen molar-refractivity contribution in [2.75, 3.05) is 0 Å². The number of aliphatic carboxylic acids is 1. The molecule has 1 aromatic heterocycles. The standard InChI is InChI=1S/C21H18O11S/c22-14-10-9-12(11-16(14)32-33(27,28)29)20-21(31-18(25)8-4-3-7-17(23)24)19(26)13-5-1-2-6-15(13)30-20/h1-2,5-6,9-11,22H,3-4,7-8H2,(H,23,24)(H,27,28,29)/p-1. The predicted molar refractivity (Wildman–Crippen MR) is 112 cm³/mol. The van der Waals surface area contributed by atoms with E-state index in [9.17, 15) is 32.5 Å². The van der Waals surface area contributed by atoms with E-state index in [2.05, 4.69) is 4.18 Å². The van der Waals surface area contributed by atoms with Crippen LogP contribution in [0.1, 0.15) is 25.7 Å². The Labute approximate surface area is 186 Å². The van der Waals surface area contributed by atoms with Crippen LogP contribution in [0.2, 0.25) is 0 Å². The lowest BCUT2D eigenvalue weighted by molar-refractivity contribution is -0.138. The number of carboxylic acids is 1. The van der Waals surface area contributed by atoms with Gasteiger partial charge >= 0.3 is 11.9 Å². The first-order valence-corrected chi connectivity index (χ1v) is 10.9. The van der Waals surface area contributed by atoms with Crippen molar-refractivity contribution >= 4 is 33.3 Å². The van der Waals surface area contributed by atoms with Gasteiger partial charge in [0.1, 0.15) is 5.58 Å². The number of aromatic hydroxyl groups is 1. The molecule has 0 saturated heterocycles. The summed E-state index contributed by atoms with van der Waals surface area (Å²) in [5.74, 6) is -3.99. The fourth-order valence-electron chi connectivity index (χ4n) is 2.95. The average Bonchev–Trinajstić information content (AvgIpc) is 2.74. The maximum Gasteiger partial charge on any atom is 0.311 e. The third-order valence-electron chi connectivity index (χ3n) is 4.41. The van der Waals surface area contributed by atoms with Gasteiger partial charge in [-0.25, -0.2) is 8.42 Å². The van der Waals surface area contributed by atoms with E-state index in [1.54, 1.807) is 12.1 Å². The molecule has 2 N–H and O–H groups in total. The van der Waals surface area contributed by atoms with Gasteiger partial charge in [0.15, 0.2) is 17.3 Å². The normalized spacial score (nSPS) is 11.3. The second-order valence-corrected chi connectivity index (χ2v) is 7.82. The zero-order chi connectivity index (χ0) is 24.2. The van der Waals surface area contributed by atoms with E-state index in [0.29, 0.717) is 0 Å². The molecule has 11 nitrogen and oxygen atoms in total. The second-order valence-electron chi connectivity index (χ2n) is 6.83. The monoisotopic (exact) mass is 477 g/mol. The largest absolute Gasteiger partial charge is 0.716 e. The number of phenolic OH excluding ortho intramolecular Hbond substituents is 1. The van der Waals surface area contributed by atoms with Crippen LogP contribution in [0.5, 0.6) is 17.2 Å². The fraction of sp³-hybridized carbons (Fsp3) is 0.190. The van der Waals surface area contributed by atoms with Crippen LogP contribution in [-0.4, -0.2) is 35.1 Å². The number of unbranched alkanes of at least 4 members (excludes halogenated alkanes) is 1. The highest BCUT2D eigenvalue weighted by Gasteiger charge is 2.22. The molecule has 0 fully saturated rings. The van der Waals surface area contributed by atoms with Crippen molar-refractivity contribution in [3.05, 3.63) is 52.7 Å². The van der Waals surface area contributed by atoms with Gasteiger partial charge in [-0.05, 0) is 43.2 Å². The molecule has 12 heteroatoms. The van der Waals surface area contributed by atoms with Gasteiger partial charge in [-0.3, -0.25) is 14.4 Å².